The van der Waals surface area contributed by atoms with Crippen LogP contribution < -0.4 is 10.6 Å². The smallest absolute Gasteiger partial charge is 0.326 e. The Kier molecular flexibility index (Phi) is 6.74. The van der Waals surface area contributed by atoms with E-state index in [0.717, 1.165) is 4.90 Å². The van der Waals surface area contributed by atoms with Gasteiger partial charge in [-0.25, -0.2) is 4.79 Å². The van der Waals surface area contributed by atoms with Crippen molar-refractivity contribution in [1.82, 2.24) is 15.5 Å². The van der Waals surface area contributed by atoms with Gasteiger partial charge in [-0.1, -0.05) is 27.7 Å². The van der Waals surface area contributed by atoms with Crippen LogP contribution in [0.25, 0.3) is 0 Å². The third-order valence-corrected chi connectivity index (χ3v) is 4.49. The molecule has 1 aliphatic heterocycles. The van der Waals surface area contributed by atoms with Gasteiger partial charge < -0.3 is 15.4 Å². The normalized spacial score (nSPS) is 17.7. The van der Waals surface area contributed by atoms with E-state index in [4.69, 9.17) is 4.74 Å². The fraction of sp³-hybridized carbons (Fsp3) is 0.750. The quantitative estimate of drug-likeness (QED) is 0.502. The van der Waals surface area contributed by atoms with E-state index in [1.165, 1.54) is 0 Å². The van der Waals surface area contributed by atoms with Gasteiger partial charge in [0.1, 0.15) is 12.1 Å². The Bertz CT molecular complexity index is 514. The van der Waals surface area contributed by atoms with Gasteiger partial charge in [0.15, 0.2) is 6.61 Å². The Hall–Kier alpha value is -2.12. The molecular formula is C16H27N3O5. The fourth-order valence-corrected chi connectivity index (χ4v) is 2.33. The zero-order valence-corrected chi connectivity index (χ0v) is 15.0. The Morgan fingerprint density at radius 3 is 2.25 bits per heavy atom. The number of hydrogen-bond acceptors (Lipinski definition) is 5. The number of imide groups is 1. The number of nitrogens with zero attached hydrogens (tertiary/aromatic N) is 1. The van der Waals surface area contributed by atoms with Crippen molar-refractivity contribution in [2.24, 2.45) is 5.92 Å². The highest BCUT2D eigenvalue weighted by Crippen LogP contribution is 2.24. The predicted octanol–water partition coefficient (Wildman–Crippen LogP) is 0.801. The highest BCUT2D eigenvalue weighted by molar-refractivity contribution is 6.08. The summed E-state index contributed by atoms with van der Waals surface area (Å²) in [6.45, 7) is 8.43. The standard InChI is InChI=1S/C16H27N3O5/c1-6-16(7-2)14(22)19(15(23)18-16)8-13(21)24-9-12(20)17-11(5)10(3)4/h10-11H,6-9H2,1-5H3,(H,17,20)(H,18,23). The van der Waals surface area contributed by atoms with E-state index >= 15 is 0 Å². The first kappa shape index (κ1) is 19.9. The zero-order valence-electron chi connectivity index (χ0n) is 15.0. The van der Waals surface area contributed by atoms with Crippen LogP contribution in [0.1, 0.15) is 47.5 Å². The van der Waals surface area contributed by atoms with Crippen LogP contribution in [0.15, 0.2) is 0 Å². The summed E-state index contributed by atoms with van der Waals surface area (Å²) in [7, 11) is 0. The van der Waals surface area contributed by atoms with Gasteiger partial charge in [-0.15, -0.1) is 0 Å². The van der Waals surface area contributed by atoms with Crippen LogP contribution in [0.2, 0.25) is 0 Å². The van der Waals surface area contributed by atoms with Crippen LogP contribution in [0.3, 0.4) is 0 Å². The van der Waals surface area contributed by atoms with Gasteiger partial charge in [-0.2, -0.15) is 0 Å². The fourth-order valence-electron chi connectivity index (χ4n) is 2.33. The van der Waals surface area contributed by atoms with Gasteiger partial charge in [0, 0.05) is 6.04 Å². The molecule has 1 atom stereocenters. The number of nitrogens with one attached hydrogen (secondary N) is 2. The number of urea groups is 1. The first-order valence-electron chi connectivity index (χ1n) is 8.26. The number of amides is 4. The van der Waals surface area contributed by atoms with Crippen molar-refractivity contribution in [2.45, 2.75) is 59.0 Å². The summed E-state index contributed by atoms with van der Waals surface area (Å²) in [5.41, 5.74) is -0.957. The maximum absolute atomic E-state index is 12.3. The summed E-state index contributed by atoms with van der Waals surface area (Å²) < 4.78 is 4.85. The lowest BCUT2D eigenvalue weighted by molar-refractivity contribution is -0.151. The Morgan fingerprint density at radius 2 is 1.79 bits per heavy atom. The SMILES string of the molecule is CCC1(CC)NC(=O)N(CC(=O)OCC(=O)NC(C)C(C)C)C1=O. The molecule has 0 saturated carbocycles. The molecule has 1 fully saturated rings. The number of rotatable bonds is 8. The van der Waals surface area contributed by atoms with Crippen molar-refractivity contribution in [2.75, 3.05) is 13.2 Å². The molecule has 2 N–H and O–H groups in total. The monoisotopic (exact) mass is 341 g/mol. The van der Waals surface area contributed by atoms with Gasteiger partial charge in [-0.05, 0) is 25.7 Å². The lowest BCUT2D eigenvalue weighted by Crippen LogP contribution is -2.46. The topological polar surface area (TPSA) is 105 Å². The van der Waals surface area contributed by atoms with E-state index in [-0.39, 0.29) is 12.0 Å². The molecule has 1 saturated heterocycles. The molecule has 0 aromatic heterocycles. The van der Waals surface area contributed by atoms with Gasteiger partial charge in [0.05, 0.1) is 0 Å². The van der Waals surface area contributed by atoms with Gasteiger partial charge in [0.25, 0.3) is 11.8 Å². The third kappa shape index (κ3) is 4.46. The molecule has 0 aromatic carbocycles. The third-order valence-electron chi connectivity index (χ3n) is 4.49. The molecule has 0 radical (unpaired) electrons. The average Bonchev–Trinajstić information content (AvgIpc) is 2.77. The second kappa shape index (κ2) is 8.12. The zero-order chi connectivity index (χ0) is 18.5. The highest BCUT2D eigenvalue weighted by Gasteiger charge is 2.49. The molecule has 4 amide bonds. The van der Waals surface area contributed by atoms with Gasteiger partial charge in [-0.3, -0.25) is 19.3 Å². The Labute approximate surface area is 142 Å². The predicted molar refractivity (Wildman–Crippen MR) is 87.0 cm³/mol. The van der Waals surface area contributed by atoms with Crippen molar-refractivity contribution in [3.8, 4) is 0 Å². The average molecular weight is 341 g/mol. The van der Waals surface area contributed by atoms with Crippen molar-refractivity contribution in [3.05, 3.63) is 0 Å². The van der Waals surface area contributed by atoms with Crippen LogP contribution >= 0.6 is 0 Å². The van der Waals surface area contributed by atoms with E-state index in [0.29, 0.717) is 12.8 Å². The molecule has 0 aliphatic carbocycles. The van der Waals surface area contributed by atoms with Crippen molar-refractivity contribution < 1.29 is 23.9 Å². The second-order valence-corrected chi connectivity index (χ2v) is 6.37. The number of ether oxygens (including phenoxy) is 1. The first-order valence-corrected chi connectivity index (χ1v) is 8.26. The van der Waals surface area contributed by atoms with Gasteiger partial charge in [0.2, 0.25) is 0 Å². The summed E-state index contributed by atoms with van der Waals surface area (Å²) >= 11 is 0. The second-order valence-electron chi connectivity index (χ2n) is 6.37. The summed E-state index contributed by atoms with van der Waals surface area (Å²) in [4.78, 5) is 48.6. The molecule has 1 heterocycles. The van der Waals surface area contributed by atoms with Crippen LogP contribution in [-0.2, 0) is 19.1 Å². The molecule has 0 aromatic rings. The van der Waals surface area contributed by atoms with Crippen LogP contribution in [0, 0.1) is 5.92 Å². The van der Waals surface area contributed by atoms with Crippen molar-refractivity contribution in [3.63, 3.8) is 0 Å². The summed E-state index contributed by atoms with van der Waals surface area (Å²) in [6.07, 6.45) is 0.879. The van der Waals surface area contributed by atoms with E-state index in [1.807, 2.05) is 20.8 Å². The number of carbonyl (C=O) groups is 4. The van der Waals surface area contributed by atoms with Crippen molar-refractivity contribution >= 4 is 23.8 Å². The lowest BCUT2D eigenvalue weighted by Gasteiger charge is -2.22. The number of hydrogen-bond donors (Lipinski definition) is 2. The van der Waals surface area contributed by atoms with Crippen LogP contribution in [-0.4, -0.2) is 53.4 Å². The minimum atomic E-state index is -0.957. The maximum atomic E-state index is 12.3. The largest absolute Gasteiger partial charge is 0.454 e. The summed E-state index contributed by atoms with van der Waals surface area (Å²) in [5, 5.41) is 5.33. The highest BCUT2D eigenvalue weighted by atomic mass is 16.5. The summed E-state index contributed by atoms with van der Waals surface area (Å²) in [5.74, 6) is -1.40. The molecule has 0 spiro atoms. The molecule has 8 heteroatoms. The van der Waals surface area contributed by atoms with E-state index in [1.54, 1.807) is 13.8 Å². The first-order chi connectivity index (χ1) is 11.2. The summed E-state index contributed by atoms with van der Waals surface area (Å²) in [6, 6.07) is -0.657. The molecule has 24 heavy (non-hydrogen) atoms. The molecule has 1 aliphatic rings. The molecule has 136 valence electrons. The Morgan fingerprint density at radius 1 is 1.21 bits per heavy atom. The van der Waals surface area contributed by atoms with Crippen molar-refractivity contribution in [1.29, 1.82) is 0 Å². The Balaban J connectivity index is 2.52. The van der Waals surface area contributed by atoms with E-state index < -0.39 is 42.5 Å². The van der Waals surface area contributed by atoms with E-state index in [2.05, 4.69) is 10.6 Å². The number of esters is 1. The molecular weight excluding hydrogens is 314 g/mol. The lowest BCUT2D eigenvalue weighted by atomic mass is 9.93. The minimum absolute atomic E-state index is 0.0446. The molecule has 1 unspecified atom stereocenters. The molecule has 1 rings (SSSR count). The minimum Gasteiger partial charge on any atom is -0.454 e. The van der Waals surface area contributed by atoms with Crippen LogP contribution in [0.5, 0.6) is 0 Å². The van der Waals surface area contributed by atoms with Gasteiger partial charge >= 0.3 is 12.0 Å². The van der Waals surface area contributed by atoms with E-state index in [9.17, 15) is 19.2 Å². The molecule has 0 bridgehead atoms. The number of carbonyl (C=O) groups excluding carboxylic acids is 4. The molecule has 8 nitrogen and oxygen atoms in total. The van der Waals surface area contributed by atoms with Crippen LogP contribution in [0.4, 0.5) is 4.79 Å². The maximum Gasteiger partial charge on any atom is 0.326 e.